The minimum Gasteiger partial charge on any atom is -0.483 e. The molecule has 2 aromatic rings. The monoisotopic (exact) mass is 313 g/mol. The fourth-order valence-electron chi connectivity index (χ4n) is 2.11. The second kappa shape index (κ2) is 7.98. The first-order chi connectivity index (χ1) is 11.1. The molecule has 0 aliphatic heterocycles. The van der Waals surface area contributed by atoms with Gasteiger partial charge in [0.15, 0.2) is 6.61 Å². The van der Waals surface area contributed by atoms with Crippen molar-refractivity contribution >= 4 is 11.9 Å². The topological polar surface area (TPSA) is 75.6 Å². The van der Waals surface area contributed by atoms with Gasteiger partial charge in [0.2, 0.25) is 0 Å². The Bertz CT molecular complexity index is 683. The third-order valence-corrected chi connectivity index (χ3v) is 3.30. The first-order valence-electron chi connectivity index (χ1n) is 7.33. The maximum atomic E-state index is 11.8. The third kappa shape index (κ3) is 5.14. The summed E-state index contributed by atoms with van der Waals surface area (Å²) in [5, 5.41) is 11.9. The number of carbonyl (C=O) groups is 2. The summed E-state index contributed by atoms with van der Waals surface area (Å²) < 4.78 is 5.35. The molecule has 0 spiro atoms. The SMILES string of the molecule is Cc1ccc(C(=O)O)c(OCC(=O)NCCc2ccccc2)c1. The van der Waals surface area contributed by atoms with E-state index in [-0.39, 0.29) is 23.8 Å². The van der Waals surface area contributed by atoms with Crippen molar-refractivity contribution in [2.75, 3.05) is 13.2 Å². The van der Waals surface area contributed by atoms with Gasteiger partial charge in [0.25, 0.3) is 5.91 Å². The minimum absolute atomic E-state index is 0.0488. The third-order valence-electron chi connectivity index (χ3n) is 3.30. The van der Waals surface area contributed by atoms with E-state index in [4.69, 9.17) is 9.84 Å². The lowest BCUT2D eigenvalue weighted by atomic mass is 10.1. The number of rotatable bonds is 7. The fourth-order valence-corrected chi connectivity index (χ4v) is 2.11. The summed E-state index contributed by atoms with van der Waals surface area (Å²) in [6.45, 7) is 2.13. The molecular weight excluding hydrogens is 294 g/mol. The number of carboxylic acids is 1. The van der Waals surface area contributed by atoms with Gasteiger partial charge in [-0.3, -0.25) is 4.79 Å². The van der Waals surface area contributed by atoms with E-state index in [2.05, 4.69) is 5.32 Å². The molecule has 0 aliphatic rings. The van der Waals surface area contributed by atoms with Crippen LogP contribution < -0.4 is 10.1 Å². The highest BCUT2D eigenvalue weighted by Gasteiger charge is 2.12. The Labute approximate surface area is 134 Å². The van der Waals surface area contributed by atoms with Crippen LogP contribution in [0.4, 0.5) is 0 Å². The van der Waals surface area contributed by atoms with Gasteiger partial charge in [-0.2, -0.15) is 0 Å². The van der Waals surface area contributed by atoms with Gasteiger partial charge >= 0.3 is 5.97 Å². The predicted molar refractivity (Wildman–Crippen MR) is 86.8 cm³/mol. The van der Waals surface area contributed by atoms with E-state index >= 15 is 0 Å². The van der Waals surface area contributed by atoms with Crippen LogP contribution in [0.25, 0.3) is 0 Å². The largest absolute Gasteiger partial charge is 0.483 e. The molecule has 5 heteroatoms. The standard InChI is InChI=1S/C18H19NO4/c1-13-7-8-15(18(21)22)16(11-13)23-12-17(20)19-10-9-14-5-3-2-4-6-14/h2-8,11H,9-10,12H2,1H3,(H,19,20)(H,21,22). The molecule has 0 fully saturated rings. The van der Waals surface area contributed by atoms with Crippen LogP contribution in [-0.4, -0.2) is 30.1 Å². The second-order valence-electron chi connectivity index (χ2n) is 5.18. The number of nitrogens with one attached hydrogen (secondary N) is 1. The molecule has 0 aliphatic carbocycles. The summed E-state index contributed by atoms with van der Waals surface area (Å²) in [5.41, 5.74) is 2.06. The highest BCUT2D eigenvalue weighted by atomic mass is 16.5. The van der Waals surface area contributed by atoms with Crippen LogP contribution >= 0.6 is 0 Å². The molecule has 0 aromatic heterocycles. The van der Waals surface area contributed by atoms with Gasteiger partial charge in [-0.25, -0.2) is 4.79 Å². The summed E-state index contributed by atoms with van der Waals surface area (Å²) >= 11 is 0. The summed E-state index contributed by atoms with van der Waals surface area (Å²) in [5.74, 6) is -1.15. The van der Waals surface area contributed by atoms with Crippen LogP contribution in [0.2, 0.25) is 0 Å². The van der Waals surface area contributed by atoms with Gasteiger partial charge < -0.3 is 15.2 Å². The maximum Gasteiger partial charge on any atom is 0.339 e. The van der Waals surface area contributed by atoms with Crippen molar-refractivity contribution in [2.45, 2.75) is 13.3 Å². The lowest BCUT2D eigenvalue weighted by molar-refractivity contribution is -0.123. The quantitative estimate of drug-likeness (QED) is 0.823. The number of carboxylic acid groups (broad SMARTS) is 1. The van der Waals surface area contributed by atoms with Gasteiger partial charge in [-0.05, 0) is 36.6 Å². The van der Waals surface area contributed by atoms with Gasteiger partial charge in [-0.15, -0.1) is 0 Å². The molecule has 0 saturated carbocycles. The number of aromatic carboxylic acids is 1. The number of hydrogen-bond donors (Lipinski definition) is 2. The van der Waals surface area contributed by atoms with Crippen molar-refractivity contribution in [1.29, 1.82) is 0 Å². The second-order valence-corrected chi connectivity index (χ2v) is 5.18. The molecule has 0 bridgehead atoms. The van der Waals surface area contributed by atoms with Crippen LogP contribution in [-0.2, 0) is 11.2 Å². The smallest absolute Gasteiger partial charge is 0.339 e. The van der Waals surface area contributed by atoms with E-state index in [1.165, 1.54) is 6.07 Å². The van der Waals surface area contributed by atoms with Crippen LogP contribution in [0.5, 0.6) is 5.75 Å². The number of aryl methyl sites for hydroxylation is 1. The number of amides is 1. The maximum absolute atomic E-state index is 11.8. The van der Waals surface area contributed by atoms with Crippen molar-refractivity contribution in [3.8, 4) is 5.75 Å². The Hall–Kier alpha value is -2.82. The van der Waals surface area contributed by atoms with Crippen molar-refractivity contribution in [3.05, 3.63) is 65.2 Å². The molecule has 5 nitrogen and oxygen atoms in total. The number of ether oxygens (including phenoxy) is 1. The van der Waals surface area contributed by atoms with Crippen molar-refractivity contribution in [3.63, 3.8) is 0 Å². The Morgan fingerprint density at radius 3 is 2.57 bits per heavy atom. The predicted octanol–water partition coefficient (Wildman–Crippen LogP) is 2.43. The van der Waals surface area contributed by atoms with Crippen LogP contribution in [0.3, 0.4) is 0 Å². The zero-order valence-electron chi connectivity index (χ0n) is 12.9. The highest BCUT2D eigenvalue weighted by molar-refractivity contribution is 5.91. The molecule has 2 rings (SSSR count). The molecule has 0 radical (unpaired) electrons. The van der Waals surface area contributed by atoms with Crippen LogP contribution in [0.15, 0.2) is 48.5 Å². The summed E-state index contributed by atoms with van der Waals surface area (Å²) in [4.78, 5) is 22.9. The molecule has 0 heterocycles. The average molecular weight is 313 g/mol. The number of hydrogen-bond acceptors (Lipinski definition) is 3. The summed E-state index contributed by atoms with van der Waals surface area (Å²) in [6, 6.07) is 14.6. The van der Waals surface area contributed by atoms with Gasteiger partial charge in [0, 0.05) is 6.54 Å². The Kier molecular flexibility index (Phi) is 5.74. The number of carbonyl (C=O) groups excluding carboxylic acids is 1. The van der Waals surface area contributed by atoms with E-state index in [9.17, 15) is 9.59 Å². The van der Waals surface area contributed by atoms with Gasteiger partial charge in [-0.1, -0.05) is 36.4 Å². The van der Waals surface area contributed by atoms with Crippen LogP contribution in [0.1, 0.15) is 21.5 Å². The van der Waals surface area contributed by atoms with E-state index in [0.29, 0.717) is 6.54 Å². The Balaban J connectivity index is 1.82. The summed E-state index contributed by atoms with van der Waals surface area (Å²) in [7, 11) is 0. The van der Waals surface area contributed by atoms with E-state index < -0.39 is 5.97 Å². The Morgan fingerprint density at radius 1 is 1.13 bits per heavy atom. The Morgan fingerprint density at radius 2 is 1.87 bits per heavy atom. The molecule has 0 atom stereocenters. The first-order valence-corrected chi connectivity index (χ1v) is 7.33. The molecule has 0 unspecified atom stereocenters. The average Bonchev–Trinajstić information content (AvgIpc) is 2.53. The molecule has 120 valence electrons. The van der Waals surface area contributed by atoms with Crippen molar-refractivity contribution in [1.82, 2.24) is 5.32 Å². The van der Waals surface area contributed by atoms with E-state index in [0.717, 1.165) is 17.5 Å². The normalized spacial score (nSPS) is 10.1. The van der Waals surface area contributed by atoms with E-state index in [1.807, 2.05) is 37.3 Å². The molecule has 2 aromatic carbocycles. The molecule has 23 heavy (non-hydrogen) atoms. The van der Waals surface area contributed by atoms with Gasteiger partial charge in [0.1, 0.15) is 11.3 Å². The first kappa shape index (κ1) is 16.5. The van der Waals surface area contributed by atoms with Gasteiger partial charge in [0.05, 0.1) is 0 Å². The summed E-state index contributed by atoms with van der Waals surface area (Å²) in [6.07, 6.45) is 0.734. The highest BCUT2D eigenvalue weighted by Crippen LogP contribution is 2.20. The van der Waals surface area contributed by atoms with Crippen molar-refractivity contribution in [2.24, 2.45) is 0 Å². The van der Waals surface area contributed by atoms with Crippen LogP contribution in [0, 0.1) is 6.92 Å². The number of benzene rings is 2. The molecule has 2 N–H and O–H groups in total. The zero-order valence-corrected chi connectivity index (χ0v) is 12.9. The lowest BCUT2D eigenvalue weighted by Crippen LogP contribution is -2.30. The minimum atomic E-state index is -1.08. The lowest BCUT2D eigenvalue weighted by Gasteiger charge is -2.10. The van der Waals surface area contributed by atoms with Crippen molar-refractivity contribution < 1.29 is 19.4 Å². The zero-order chi connectivity index (χ0) is 16.7. The van der Waals surface area contributed by atoms with E-state index in [1.54, 1.807) is 12.1 Å². The molecular formula is C18H19NO4. The molecule has 1 amide bonds. The molecule has 0 saturated heterocycles. The fraction of sp³-hybridized carbons (Fsp3) is 0.222.